The molecule has 0 spiro atoms. The zero-order valence-electron chi connectivity index (χ0n) is 15.0. The maximum absolute atomic E-state index is 10.1. The molecule has 3 N–H and O–H groups in total. The fraction of sp³-hybridized carbons (Fsp3) is 0.273. The van der Waals surface area contributed by atoms with Crippen LogP contribution in [0.15, 0.2) is 59.4 Å². The quantitative estimate of drug-likeness (QED) is 0.732. The number of rotatable bonds is 2. The Hall–Kier alpha value is -2.34. The number of benzene rings is 1. The highest BCUT2D eigenvalue weighted by molar-refractivity contribution is 7.15. The highest BCUT2D eigenvalue weighted by Crippen LogP contribution is 2.46. The van der Waals surface area contributed by atoms with E-state index in [0.717, 1.165) is 41.8 Å². The Morgan fingerprint density at radius 2 is 2.15 bits per heavy atom. The first kappa shape index (κ1) is 16.8. The average Bonchev–Trinajstić information content (AvgIpc) is 3.13. The van der Waals surface area contributed by atoms with Gasteiger partial charge in [-0.15, -0.1) is 11.3 Å². The summed E-state index contributed by atoms with van der Waals surface area (Å²) in [4.78, 5) is 2.53. The molecule has 3 aliphatic rings. The van der Waals surface area contributed by atoms with E-state index in [1.54, 1.807) is 30.6 Å². The van der Waals surface area contributed by atoms with Gasteiger partial charge in [0.1, 0.15) is 17.6 Å². The number of methoxy groups -OCH3 is 1. The third kappa shape index (κ3) is 2.74. The molecule has 2 aromatic rings. The Morgan fingerprint density at radius 1 is 1.26 bits per heavy atom. The first-order valence-corrected chi connectivity index (χ1v) is 10.0. The molecule has 5 rings (SSSR count). The normalized spacial score (nSPS) is 23.8. The average molecular weight is 379 g/mol. The number of fused-ring (bicyclic) bond motifs is 4. The largest absolute Gasteiger partial charge is 0.509 e. The molecule has 0 bridgehead atoms. The maximum atomic E-state index is 10.1. The molecule has 1 aliphatic heterocycles. The molecule has 2 atom stereocenters. The van der Waals surface area contributed by atoms with E-state index in [9.17, 15) is 10.2 Å². The monoisotopic (exact) mass is 379 g/mol. The molecule has 27 heavy (non-hydrogen) atoms. The number of aliphatic hydroxyl groups excluding tert-OH is 2. The molecule has 0 saturated heterocycles. The van der Waals surface area contributed by atoms with Crippen molar-refractivity contribution in [1.29, 1.82) is 0 Å². The second kappa shape index (κ2) is 6.37. The van der Waals surface area contributed by atoms with Crippen LogP contribution in [0.3, 0.4) is 0 Å². The Bertz CT molecular complexity index is 1010. The van der Waals surface area contributed by atoms with Crippen LogP contribution >= 0.6 is 11.3 Å². The van der Waals surface area contributed by atoms with Crippen LogP contribution in [0.5, 0.6) is 5.75 Å². The molecule has 0 fully saturated rings. The summed E-state index contributed by atoms with van der Waals surface area (Å²) in [5, 5.41) is 23.7. The molecule has 0 amide bonds. The summed E-state index contributed by atoms with van der Waals surface area (Å²) in [6.07, 6.45) is 4.58. The third-order valence-corrected chi connectivity index (χ3v) is 6.79. The van der Waals surface area contributed by atoms with Crippen molar-refractivity contribution in [2.75, 3.05) is 7.11 Å². The van der Waals surface area contributed by atoms with Gasteiger partial charge in [-0.05, 0) is 71.0 Å². The molecule has 0 saturated carbocycles. The highest BCUT2D eigenvalue weighted by Gasteiger charge is 2.34. The molecule has 4 nitrogen and oxygen atoms in total. The maximum Gasteiger partial charge on any atom is 0.129 e. The Morgan fingerprint density at radius 3 is 3.00 bits per heavy atom. The molecular formula is C22H21NO3S. The first-order valence-electron chi connectivity index (χ1n) is 9.19. The number of ether oxygens (including phenoxy) is 1. The topological polar surface area (TPSA) is 61.7 Å². The van der Waals surface area contributed by atoms with E-state index < -0.39 is 6.10 Å². The number of hydrogen-bond donors (Lipinski definition) is 3. The molecule has 5 heteroatoms. The molecule has 0 radical (unpaired) electrons. The van der Waals surface area contributed by atoms with Crippen molar-refractivity contribution in [1.82, 2.24) is 5.32 Å². The predicted octanol–water partition coefficient (Wildman–Crippen LogP) is 4.19. The van der Waals surface area contributed by atoms with Gasteiger partial charge in [-0.1, -0.05) is 12.1 Å². The van der Waals surface area contributed by atoms with Crippen LogP contribution in [0.2, 0.25) is 0 Å². The van der Waals surface area contributed by atoms with E-state index in [1.807, 2.05) is 12.1 Å². The lowest BCUT2D eigenvalue weighted by molar-refractivity contribution is 0.190. The molecule has 2 unspecified atom stereocenters. The zero-order chi connectivity index (χ0) is 18.5. The van der Waals surface area contributed by atoms with Gasteiger partial charge in [-0.2, -0.15) is 0 Å². The van der Waals surface area contributed by atoms with Gasteiger partial charge in [0.25, 0.3) is 0 Å². The molecular weight excluding hydrogens is 358 g/mol. The van der Waals surface area contributed by atoms with Gasteiger partial charge in [0, 0.05) is 22.3 Å². The summed E-state index contributed by atoms with van der Waals surface area (Å²) in [5.74, 6) is 0.881. The van der Waals surface area contributed by atoms with E-state index in [1.165, 1.54) is 20.9 Å². The lowest BCUT2D eigenvalue weighted by atomic mass is 9.77. The molecule has 2 aliphatic carbocycles. The van der Waals surface area contributed by atoms with Crippen LogP contribution in [0, 0.1) is 0 Å². The fourth-order valence-electron chi connectivity index (χ4n) is 4.25. The van der Waals surface area contributed by atoms with Gasteiger partial charge in [0.2, 0.25) is 0 Å². The van der Waals surface area contributed by atoms with Crippen molar-refractivity contribution in [3.63, 3.8) is 0 Å². The van der Waals surface area contributed by atoms with Gasteiger partial charge in [0.15, 0.2) is 0 Å². The van der Waals surface area contributed by atoms with Crippen molar-refractivity contribution < 1.29 is 14.9 Å². The van der Waals surface area contributed by atoms with E-state index in [-0.39, 0.29) is 11.8 Å². The first-order chi connectivity index (χ1) is 13.1. The van der Waals surface area contributed by atoms with Crippen LogP contribution in [0.1, 0.15) is 23.3 Å². The SMILES string of the molecule is COc1cccc(-c2cc3c(s2)CNC2CCC4=CC(O)C(O)=CC4=C32)c1. The molecule has 1 aromatic heterocycles. The minimum atomic E-state index is -0.883. The van der Waals surface area contributed by atoms with Crippen molar-refractivity contribution >= 4 is 16.9 Å². The summed E-state index contributed by atoms with van der Waals surface area (Å²) in [6.45, 7) is 0.864. The summed E-state index contributed by atoms with van der Waals surface area (Å²) < 4.78 is 5.37. The van der Waals surface area contributed by atoms with Crippen LogP contribution in [0.4, 0.5) is 0 Å². The second-order valence-electron chi connectivity index (χ2n) is 7.18. The molecule has 138 valence electrons. The zero-order valence-corrected chi connectivity index (χ0v) is 15.8. The minimum Gasteiger partial charge on any atom is -0.509 e. The van der Waals surface area contributed by atoms with Crippen LogP contribution in [-0.4, -0.2) is 29.5 Å². The van der Waals surface area contributed by atoms with Gasteiger partial charge in [0.05, 0.1) is 7.11 Å². The lowest BCUT2D eigenvalue weighted by Crippen LogP contribution is -2.37. The van der Waals surface area contributed by atoms with Crippen molar-refractivity contribution in [3.05, 3.63) is 69.8 Å². The summed E-state index contributed by atoms with van der Waals surface area (Å²) in [7, 11) is 1.69. The summed E-state index contributed by atoms with van der Waals surface area (Å²) in [6, 6.07) is 10.7. The van der Waals surface area contributed by atoms with E-state index in [0.29, 0.717) is 0 Å². The van der Waals surface area contributed by atoms with Gasteiger partial charge in [-0.25, -0.2) is 0 Å². The Balaban J connectivity index is 1.65. The van der Waals surface area contributed by atoms with E-state index >= 15 is 0 Å². The standard InChI is InChI=1S/C22H21NO3S/c1-26-14-4-2-3-13(7-14)20-10-16-21(27-20)11-23-17-6-5-12-8-18(24)19(25)9-15(12)22(16)17/h2-4,7-10,17-18,23-25H,5-6,11H2,1H3. The van der Waals surface area contributed by atoms with Crippen LogP contribution in [0.25, 0.3) is 16.0 Å². The number of nitrogens with one attached hydrogen (secondary N) is 1. The Labute approximate surface area is 162 Å². The number of allylic oxidation sites excluding steroid dienone is 3. The van der Waals surface area contributed by atoms with Crippen molar-refractivity contribution in [2.24, 2.45) is 0 Å². The van der Waals surface area contributed by atoms with Gasteiger partial charge >= 0.3 is 0 Å². The number of hydrogen-bond acceptors (Lipinski definition) is 5. The summed E-state index contributed by atoms with van der Waals surface area (Å²) >= 11 is 1.80. The number of aliphatic hydroxyl groups is 2. The lowest BCUT2D eigenvalue weighted by Gasteiger charge is -2.35. The van der Waals surface area contributed by atoms with Crippen LogP contribution in [-0.2, 0) is 6.54 Å². The van der Waals surface area contributed by atoms with Crippen molar-refractivity contribution in [3.8, 4) is 16.2 Å². The second-order valence-corrected chi connectivity index (χ2v) is 8.32. The minimum absolute atomic E-state index is 0.0253. The smallest absolute Gasteiger partial charge is 0.129 e. The fourth-order valence-corrected chi connectivity index (χ4v) is 5.37. The van der Waals surface area contributed by atoms with E-state index in [4.69, 9.17) is 4.74 Å². The Kier molecular flexibility index (Phi) is 3.97. The van der Waals surface area contributed by atoms with Crippen LogP contribution < -0.4 is 10.1 Å². The summed E-state index contributed by atoms with van der Waals surface area (Å²) in [5.41, 5.74) is 5.87. The third-order valence-electron chi connectivity index (χ3n) is 5.60. The highest BCUT2D eigenvalue weighted by atomic mass is 32.1. The molecule has 2 heterocycles. The van der Waals surface area contributed by atoms with Crippen molar-refractivity contribution in [2.45, 2.75) is 31.5 Å². The number of thiophene rings is 1. The van der Waals surface area contributed by atoms with Gasteiger partial charge in [-0.3, -0.25) is 0 Å². The van der Waals surface area contributed by atoms with E-state index in [2.05, 4.69) is 23.5 Å². The predicted molar refractivity (Wildman–Crippen MR) is 108 cm³/mol. The van der Waals surface area contributed by atoms with Gasteiger partial charge < -0.3 is 20.3 Å². The molecule has 1 aromatic carbocycles.